The summed E-state index contributed by atoms with van der Waals surface area (Å²) in [5.74, 6) is 0.459. The van der Waals surface area contributed by atoms with Gasteiger partial charge in [-0.1, -0.05) is 48.5 Å². The molecule has 7 rings (SSSR count). The first-order chi connectivity index (χ1) is 19.4. The Kier molecular flexibility index (Phi) is 10.5. The van der Waals surface area contributed by atoms with Crippen LogP contribution < -0.4 is 5.10 Å². The second kappa shape index (κ2) is 14.9. The molecule has 0 bridgehead atoms. The van der Waals surface area contributed by atoms with E-state index in [4.69, 9.17) is 0 Å². The van der Waals surface area contributed by atoms with E-state index in [9.17, 15) is 0 Å². The molecule has 194 valence electrons. The molecule has 0 saturated heterocycles. The minimum atomic E-state index is 0. The molecule has 0 spiro atoms. The molecule has 7 aromatic rings. The minimum Gasteiger partial charge on any atom is -0.329 e. The number of pyridine rings is 3. The maximum absolute atomic E-state index is 4.41. The Morgan fingerprint density at radius 1 is 0.550 bits per heavy atom. The molecule has 0 amide bonds. The molecule has 0 saturated carbocycles. The van der Waals surface area contributed by atoms with Gasteiger partial charge in [-0.05, 0) is 35.7 Å². The van der Waals surface area contributed by atoms with Crippen molar-refractivity contribution in [1.29, 1.82) is 0 Å². The van der Waals surface area contributed by atoms with Crippen molar-refractivity contribution in [1.82, 2.24) is 35.6 Å². The van der Waals surface area contributed by atoms with Crippen molar-refractivity contribution in [3.8, 4) is 34.0 Å². The second-order valence-electron chi connectivity index (χ2n) is 8.07. The van der Waals surface area contributed by atoms with Crippen LogP contribution in [0, 0.1) is 12.1 Å². The van der Waals surface area contributed by atoms with Crippen LogP contribution in [0.5, 0.6) is 0 Å². The van der Waals surface area contributed by atoms with E-state index >= 15 is 0 Å². The summed E-state index contributed by atoms with van der Waals surface area (Å²) in [4.78, 5) is 12.8. The summed E-state index contributed by atoms with van der Waals surface area (Å²) in [7, 11) is 0. The smallest absolute Gasteiger partial charge is 0.329 e. The van der Waals surface area contributed by atoms with Crippen molar-refractivity contribution >= 4 is 10.9 Å². The number of nitrogens with zero attached hydrogens (tertiary/aromatic N) is 7. The molecule has 3 aromatic carbocycles. The van der Waals surface area contributed by atoms with E-state index < -0.39 is 0 Å². The van der Waals surface area contributed by atoms with Crippen molar-refractivity contribution in [2.45, 2.75) is 0 Å². The van der Waals surface area contributed by atoms with Crippen LogP contribution in [0.2, 0.25) is 0 Å². The molecule has 8 heteroatoms. The third-order valence-electron chi connectivity index (χ3n) is 5.45. The molecule has 0 aliphatic carbocycles. The van der Waals surface area contributed by atoms with Gasteiger partial charge in [-0.15, -0.1) is 71.8 Å². The van der Waals surface area contributed by atoms with Gasteiger partial charge in [-0.2, -0.15) is 5.21 Å². The van der Waals surface area contributed by atoms with Crippen LogP contribution in [0.1, 0.15) is 0 Å². The number of aromatic nitrogens is 7. The Morgan fingerprint density at radius 3 is 1.68 bits per heavy atom. The van der Waals surface area contributed by atoms with E-state index in [-0.39, 0.29) is 20.1 Å². The number of para-hydroxylation sites is 1. The quantitative estimate of drug-likeness (QED) is 0.205. The maximum Gasteiger partial charge on any atom is 3.00 e. The van der Waals surface area contributed by atoms with Crippen LogP contribution in [-0.4, -0.2) is 30.5 Å². The van der Waals surface area contributed by atoms with Gasteiger partial charge >= 0.3 is 20.1 Å². The summed E-state index contributed by atoms with van der Waals surface area (Å²) < 4.78 is 0. The first-order valence-corrected chi connectivity index (χ1v) is 12.2. The molecule has 4 heterocycles. The van der Waals surface area contributed by atoms with E-state index in [1.54, 1.807) is 12.4 Å². The van der Waals surface area contributed by atoms with E-state index in [0.29, 0.717) is 11.5 Å². The largest absolute Gasteiger partial charge is 3.00 e. The zero-order chi connectivity index (χ0) is 26.5. The summed E-state index contributed by atoms with van der Waals surface area (Å²) in [6.07, 6.45) is 3.58. The number of tetrazole rings is 1. The Hall–Kier alpha value is -4.91. The summed E-state index contributed by atoms with van der Waals surface area (Å²) in [6.45, 7) is 0. The van der Waals surface area contributed by atoms with Crippen LogP contribution in [0.25, 0.3) is 44.9 Å². The van der Waals surface area contributed by atoms with Crippen LogP contribution in [0.4, 0.5) is 0 Å². The number of hydrogen-bond donors (Lipinski definition) is 0. The Bertz CT molecular complexity index is 1530. The first kappa shape index (κ1) is 28.1. The number of benzene rings is 3. The van der Waals surface area contributed by atoms with Gasteiger partial charge in [0, 0.05) is 17.8 Å². The van der Waals surface area contributed by atoms with E-state index in [1.165, 1.54) is 0 Å². The SMILES string of the molecule is [Ir+3].[c-]1ccccc1-c1ccccn1.[c-]1ccccc1-c1ccccn1.c1ccc2nc(-c3nnn[n-]3)ccc2c1. The van der Waals surface area contributed by atoms with Crippen molar-refractivity contribution in [2.75, 3.05) is 0 Å². The average Bonchev–Trinajstić information content (AvgIpc) is 3.59. The summed E-state index contributed by atoms with van der Waals surface area (Å²) >= 11 is 0. The molecule has 4 aromatic heterocycles. The predicted molar refractivity (Wildman–Crippen MR) is 151 cm³/mol. The topological polar surface area (TPSA) is 91.4 Å². The molecule has 0 aliphatic rings. The zero-order valence-corrected chi connectivity index (χ0v) is 23.6. The molecule has 0 radical (unpaired) electrons. The molecule has 7 nitrogen and oxygen atoms in total. The monoisotopic (exact) mass is 697 g/mol. The summed E-state index contributed by atoms with van der Waals surface area (Å²) in [6, 6.07) is 45.4. The Labute approximate surface area is 245 Å². The van der Waals surface area contributed by atoms with E-state index in [0.717, 1.165) is 33.4 Å². The van der Waals surface area contributed by atoms with E-state index in [2.05, 4.69) is 47.7 Å². The average molecular weight is 697 g/mol. The fourth-order valence-corrected chi connectivity index (χ4v) is 3.59. The van der Waals surface area contributed by atoms with Crippen molar-refractivity contribution in [3.05, 3.63) is 146 Å². The zero-order valence-electron chi connectivity index (χ0n) is 21.2. The summed E-state index contributed by atoms with van der Waals surface area (Å²) in [5, 5.41) is 15.5. The fourth-order valence-electron chi connectivity index (χ4n) is 3.59. The van der Waals surface area contributed by atoms with Gasteiger partial charge < -0.3 is 15.1 Å². The second-order valence-corrected chi connectivity index (χ2v) is 8.07. The van der Waals surface area contributed by atoms with Gasteiger partial charge in [0.1, 0.15) is 0 Å². The van der Waals surface area contributed by atoms with Crippen LogP contribution in [0.3, 0.4) is 0 Å². The molecule has 0 fully saturated rings. The first-order valence-electron chi connectivity index (χ1n) is 12.2. The molecule has 40 heavy (non-hydrogen) atoms. The molecule has 0 N–H and O–H groups in total. The van der Waals surface area contributed by atoms with Crippen molar-refractivity contribution < 1.29 is 20.1 Å². The Balaban J connectivity index is 0.000000138. The van der Waals surface area contributed by atoms with Gasteiger partial charge in [0.15, 0.2) is 0 Å². The van der Waals surface area contributed by atoms with Crippen LogP contribution in [-0.2, 0) is 20.1 Å². The third kappa shape index (κ3) is 7.80. The molecule has 0 unspecified atom stereocenters. The molecule has 0 aliphatic heterocycles. The predicted octanol–water partition coefficient (Wildman–Crippen LogP) is 6.14. The minimum absolute atomic E-state index is 0. The van der Waals surface area contributed by atoms with Gasteiger partial charge in [0.25, 0.3) is 0 Å². The fraction of sp³-hybridized carbons (Fsp3) is 0. The van der Waals surface area contributed by atoms with Gasteiger partial charge in [-0.3, -0.25) is 10.3 Å². The molecule has 0 atom stereocenters. The maximum atomic E-state index is 4.41. The van der Waals surface area contributed by atoms with Crippen LogP contribution in [0.15, 0.2) is 134 Å². The summed E-state index contributed by atoms with van der Waals surface area (Å²) in [5.41, 5.74) is 5.63. The number of fused-ring (bicyclic) bond motifs is 1. The van der Waals surface area contributed by atoms with Gasteiger partial charge in [-0.25, -0.2) is 4.98 Å². The molecular formula is C32H22IrN7. The van der Waals surface area contributed by atoms with Crippen molar-refractivity contribution in [2.24, 2.45) is 0 Å². The number of rotatable bonds is 3. The normalized spacial score (nSPS) is 9.80. The van der Waals surface area contributed by atoms with Crippen molar-refractivity contribution in [3.63, 3.8) is 0 Å². The standard InChI is InChI=1S/2C11H8N.C10H6N5.Ir/c2*1-2-6-10(7-3-1)11-8-4-5-9-12-11;1-2-4-8-7(3-1)5-6-9(11-8)10-12-14-15-13-10;/h2*1-6,8-9H;1-6H;/q3*-1;+3. The molecular weight excluding hydrogens is 675 g/mol. The third-order valence-corrected chi connectivity index (χ3v) is 5.45. The van der Waals surface area contributed by atoms with Gasteiger partial charge in [0.2, 0.25) is 0 Å². The van der Waals surface area contributed by atoms with Crippen LogP contribution >= 0.6 is 0 Å². The van der Waals surface area contributed by atoms with E-state index in [1.807, 2.05) is 121 Å². The number of hydrogen-bond acceptors (Lipinski definition) is 6. The Morgan fingerprint density at radius 2 is 1.15 bits per heavy atom. The van der Waals surface area contributed by atoms with Gasteiger partial charge in [0.05, 0.1) is 17.0 Å².